The summed E-state index contributed by atoms with van der Waals surface area (Å²) in [5, 5.41) is 39.8. The molecule has 0 spiro atoms. The lowest BCUT2D eigenvalue weighted by Crippen LogP contribution is -2.72. The lowest BCUT2D eigenvalue weighted by atomic mass is 9.95. The smallest absolute Gasteiger partial charge is 0.241 e. The summed E-state index contributed by atoms with van der Waals surface area (Å²) in [6.07, 6.45) is -3.69. The highest BCUT2D eigenvalue weighted by molar-refractivity contribution is 4.96. The molecule has 7 nitrogen and oxygen atoms in total. The molecule has 0 bridgehead atoms. The van der Waals surface area contributed by atoms with Crippen molar-refractivity contribution in [2.75, 3.05) is 13.7 Å². The molecule has 1 saturated heterocycles. The Labute approximate surface area is 81.1 Å². The van der Waals surface area contributed by atoms with Gasteiger partial charge in [-0.1, -0.05) is 0 Å². The van der Waals surface area contributed by atoms with Gasteiger partial charge in [-0.15, -0.1) is 0 Å². The van der Waals surface area contributed by atoms with Crippen LogP contribution in [0.1, 0.15) is 0 Å². The molecule has 1 heterocycles. The molecule has 0 amide bonds. The Morgan fingerprint density at radius 2 is 2.00 bits per heavy atom. The minimum atomic E-state index is -2.11. The topological polar surface area (TPSA) is 128 Å². The average Bonchev–Trinajstić information content (AvgIpc) is 2.12. The lowest BCUT2D eigenvalue weighted by molar-refractivity contribution is -0.316. The van der Waals surface area contributed by atoms with Crippen molar-refractivity contribution < 1.29 is 25.2 Å². The number of likely N-dealkylation sites (N-methyl/N-ethyl adjacent to an activating group) is 1. The summed E-state index contributed by atoms with van der Waals surface area (Å²) in [6.45, 7) is -0.534. The molecule has 7 N–H and O–H groups in total. The van der Waals surface area contributed by atoms with Crippen LogP contribution >= 0.6 is 0 Å². The molecule has 0 aromatic heterocycles. The Bertz CT molecular complexity index is 201. The highest BCUT2D eigenvalue weighted by Crippen LogP contribution is 2.23. The molecule has 0 radical (unpaired) electrons. The summed E-state index contributed by atoms with van der Waals surface area (Å²) < 4.78 is 4.82. The first-order chi connectivity index (χ1) is 6.44. The zero-order chi connectivity index (χ0) is 10.9. The van der Waals surface area contributed by atoms with E-state index in [4.69, 9.17) is 15.6 Å². The van der Waals surface area contributed by atoms with Crippen LogP contribution in [0.3, 0.4) is 0 Å². The molecule has 0 aromatic rings. The van der Waals surface area contributed by atoms with Crippen LogP contribution in [0, 0.1) is 0 Å². The molecule has 84 valence electrons. The van der Waals surface area contributed by atoms with Gasteiger partial charge in [-0.2, -0.15) is 0 Å². The van der Waals surface area contributed by atoms with E-state index in [1.807, 2.05) is 0 Å². The Morgan fingerprint density at radius 1 is 1.43 bits per heavy atom. The standard InChI is InChI=1S/C7H16N2O5/c1-9-6-5(12)4(11)3(2-10)14-7(6,8)13/h3-6,9-13H,2,8H2,1H3/t3-,4-,5+,6-,7-/m1/s1. The second-order valence-corrected chi connectivity index (χ2v) is 3.34. The van der Waals surface area contributed by atoms with E-state index in [2.05, 4.69) is 5.32 Å². The lowest BCUT2D eigenvalue weighted by Gasteiger charge is -2.45. The average molecular weight is 208 g/mol. The predicted molar refractivity (Wildman–Crippen MR) is 46.0 cm³/mol. The van der Waals surface area contributed by atoms with E-state index in [0.717, 1.165) is 0 Å². The Hall–Kier alpha value is -0.280. The summed E-state index contributed by atoms with van der Waals surface area (Å²) >= 11 is 0. The van der Waals surface area contributed by atoms with Crippen LogP contribution in [-0.2, 0) is 4.74 Å². The van der Waals surface area contributed by atoms with Crippen molar-refractivity contribution in [2.24, 2.45) is 5.73 Å². The fraction of sp³-hybridized carbons (Fsp3) is 1.00. The molecule has 14 heavy (non-hydrogen) atoms. The van der Waals surface area contributed by atoms with E-state index in [1.54, 1.807) is 0 Å². The van der Waals surface area contributed by atoms with Crippen molar-refractivity contribution >= 4 is 0 Å². The van der Waals surface area contributed by atoms with Crippen LogP contribution in [-0.4, -0.2) is 64.3 Å². The highest BCUT2D eigenvalue weighted by atomic mass is 16.7. The van der Waals surface area contributed by atoms with Gasteiger partial charge in [-0.3, -0.25) is 5.73 Å². The molecule has 1 aliphatic heterocycles. The Balaban J connectivity index is 2.83. The minimum absolute atomic E-state index is 0.534. The van der Waals surface area contributed by atoms with Gasteiger partial charge in [0, 0.05) is 0 Å². The minimum Gasteiger partial charge on any atom is -0.394 e. The van der Waals surface area contributed by atoms with Crippen LogP contribution in [0.25, 0.3) is 0 Å². The van der Waals surface area contributed by atoms with Gasteiger partial charge >= 0.3 is 0 Å². The van der Waals surface area contributed by atoms with Gasteiger partial charge in [-0.05, 0) is 7.05 Å². The number of aliphatic hydroxyl groups is 4. The van der Waals surface area contributed by atoms with E-state index in [0.29, 0.717) is 0 Å². The summed E-state index contributed by atoms with van der Waals surface area (Å²) in [7, 11) is 1.46. The second kappa shape index (κ2) is 4.07. The molecule has 0 saturated carbocycles. The third-order valence-electron chi connectivity index (χ3n) is 2.35. The molecular weight excluding hydrogens is 192 g/mol. The molecule has 1 fully saturated rings. The number of rotatable bonds is 2. The Morgan fingerprint density at radius 3 is 2.43 bits per heavy atom. The summed E-state index contributed by atoms with van der Waals surface area (Å²) in [5.74, 6) is -2.11. The second-order valence-electron chi connectivity index (χ2n) is 3.34. The molecule has 1 aliphatic rings. The van der Waals surface area contributed by atoms with Crippen molar-refractivity contribution in [3.63, 3.8) is 0 Å². The Kier molecular flexibility index (Phi) is 3.43. The van der Waals surface area contributed by atoms with E-state index in [-0.39, 0.29) is 0 Å². The first-order valence-corrected chi connectivity index (χ1v) is 4.27. The van der Waals surface area contributed by atoms with Gasteiger partial charge in [-0.25, -0.2) is 0 Å². The molecule has 7 heteroatoms. The first kappa shape index (κ1) is 11.8. The van der Waals surface area contributed by atoms with Gasteiger partial charge in [0.05, 0.1) is 6.61 Å². The van der Waals surface area contributed by atoms with E-state index < -0.39 is 36.9 Å². The molecular formula is C7H16N2O5. The number of ether oxygens (including phenoxy) is 1. The normalized spacial score (nSPS) is 49.3. The quantitative estimate of drug-likeness (QED) is 0.258. The van der Waals surface area contributed by atoms with Crippen LogP contribution in [0.5, 0.6) is 0 Å². The highest BCUT2D eigenvalue weighted by Gasteiger charge is 2.50. The summed E-state index contributed by atoms with van der Waals surface area (Å²) in [4.78, 5) is 0. The molecule has 0 aromatic carbocycles. The largest absolute Gasteiger partial charge is 0.394 e. The van der Waals surface area contributed by atoms with Crippen molar-refractivity contribution in [3.8, 4) is 0 Å². The summed E-state index contributed by atoms with van der Waals surface area (Å²) in [5.41, 5.74) is 5.34. The van der Waals surface area contributed by atoms with Crippen LogP contribution in [0.4, 0.5) is 0 Å². The fourth-order valence-electron chi connectivity index (χ4n) is 1.57. The summed E-state index contributed by atoms with van der Waals surface area (Å²) in [6, 6.07) is -1.01. The van der Waals surface area contributed by atoms with Crippen molar-refractivity contribution in [1.29, 1.82) is 0 Å². The zero-order valence-electron chi connectivity index (χ0n) is 7.79. The van der Waals surface area contributed by atoms with Gasteiger partial charge < -0.3 is 30.5 Å². The van der Waals surface area contributed by atoms with Gasteiger partial charge in [0.25, 0.3) is 0 Å². The fourth-order valence-corrected chi connectivity index (χ4v) is 1.57. The molecule has 1 rings (SSSR count). The zero-order valence-corrected chi connectivity index (χ0v) is 7.79. The molecule has 0 aliphatic carbocycles. The number of hydrogen-bond donors (Lipinski definition) is 6. The van der Waals surface area contributed by atoms with Crippen molar-refractivity contribution in [2.45, 2.75) is 30.3 Å². The van der Waals surface area contributed by atoms with E-state index >= 15 is 0 Å². The maximum absolute atomic E-state index is 9.53. The van der Waals surface area contributed by atoms with E-state index in [1.165, 1.54) is 7.05 Å². The van der Waals surface area contributed by atoms with Crippen LogP contribution < -0.4 is 11.1 Å². The number of nitrogens with one attached hydrogen (secondary N) is 1. The van der Waals surface area contributed by atoms with Gasteiger partial charge in [0.2, 0.25) is 5.91 Å². The van der Waals surface area contributed by atoms with Gasteiger partial charge in [0.1, 0.15) is 24.4 Å². The molecule has 0 unspecified atom stereocenters. The van der Waals surface area contributed by atoms with Crippen LogP contribution in [0.2, 0.25) is 0 Å². The van der Waals surface area contributed by atoms with Crippen molar-refractivity contribution in [3.05, 3.63) is 0 Å². The SMILES string of the molecule is CN[C@@H]1[C@@H](O)[C@H](O)[C@@H](CO)O[C@]1(N)O. The maximum Gasteiger partial charge on any atom is 0.241 e. The third kappa shape index (κ3) is 1.89. The maximum atomic E-state index is 9.53. The number of aliphatic hydroxyl groups excluding tert-OH is 3. The molecule has 5 atom stereocenters. The predicted octanol–water partition coefficient (Wildman–Crippen LogP) is -3.71. The number of hydrogen-bond acceptors (Lipinski definition) is 7. The monoisotopic (exact) mass is 208 g/mol. The van der Waals surface area contributed by atoms with E-state index in [9.17, 15) is 15.3 Å². The van der Waals surface area contributed by atoms with Crippen molar-refractivity contribution in [1.82, 2.24) is 5.32 Å². The number of nitrogens with two attached hydrogens (primary N) is 1. The van der Waals surface area contributed by atoms with Crippen LogP contribution in [0.15, 0.2) is 0 Å². The first-order valence-electron chi connectivity index (χ1n) is 4.27. The van der Waals surface area contributed by atoms with Gasteiger partial charge in [0.15, 0.2) is 0 Å². The third-order valence-corrected chi connectivity index (χ3v) is 2.35.